The molecule has 0 fully saturated rings. The van der Waals surface area contributed by atoms with Crippen LogP contribution in [0, 0.1) is 0 Å². The second kappa shape index (κ2) is 4.98. The molecule has 0 bridgehead atoms. The summed E-state index contributed by atoms with van der Waals surface area (Å²) in [6, 6.07) is 2.04. The molecule has 0 spiro atoms. The van der Waals surface area contributed by atoms with Crippen molar-refractivity contribution in [3.05, 3.63) is 24.0 Å². The van der Waals surface area contributed by atoms with Gasteiger partial charge < -0.3 is 15.2 Å². The van der Waals surface area contributed by atoms with Crippen LogP contribution in [0.5, 0.6) is 0 Å². The summed E-state index contributed by atoms with van der Waals surface area (Å²) in [5.74, 6) is 0.0854. The summed E-state index contributed by atoms with van der Waals surface area (Å²) in [5.41, 5.74) is 6.98. The Balaban J connectivity index is 2.64. The van der Waals surface area contributed by atoms with Crippen molar-refractivity contribution in [1.82, 2.24) is 9.47 Å². The minimum absolute atomic E-state index is 0.0701. The molecule has 0 aliphatic heterocycles. The van der Waals surface area contributed by atoms with Gasteiger partial charge in [0.05, 0.1) is 0 Å². The number of nitrogens with two attached hydrogens (primary N) is 1. The zero-order valence-corrected chi connectivity index (χ0v) is 9.60. The molecule has 1 aromatic heterocycles. The minimum atomic E-state index is 0.0701. The lowest BCUT2D eigenvalue weighted by Crippen LogP contribution is -2.25. The zero-order chi connectivity index (χ0) is 11.4. The molecule has 15 heavy (non-hydrogen) atoms. The summed E-state index contributed by atoms with van der Waals surface area (Å²) in [7, 11) is 3.51. The van der Waals surface area contributed by atoms with E-state index in [1.54, 1.807) is 19.0 Å². The third-order valence-corrected chi connectivity index (χ3v) is 2.46. The van der Waals surface area contributed by atoms with E-state index in [9.17, 15) is 4.79 Å². The Morgan fingerprint density at radius 2 is 2.27 bits per heavy atom. The number of hydrogen-bond donors (Lipinski definition) is 1. The molecular weight excluding hydrogens is 190 g/mol. The van der Waals surface area contributed by atoms with Crippen LogP contribution in [0.25, 0.3) is 0 Å². The van der Waals surface area contributed by atoms with Crippen molar-refractivity contribution in [2.24, 2.45) is 5.73 Å². The lowest BCUT2D eigenvalue weighted by molar-refractivity contribution is -0.129. The van der Waals surface area contributed by atoms with Crippen molar-refractivity contribution in [1.29, 1.82) is 0 Å². The molecule has 0 saturated heterocycles. The van der Waals surface area contributed by atoms with Gasteiger partial charge >= 0.3 is 0 Å². The van der Waals surface area contributed by atoms with E-state index in [1.807, 2.05) is 30.0 Å². The second-order valence-electron chi connectivity index (χ2n) is 3.92. The van der Waals surface area contributed by atoms with Crippen LogP contribution in [0.3, 0.4) is 0 Å². The van der Waals surface area contributed by atoms with E-state index in [0.29, 0.717) is 6.54 Å². The van der Waals surface area contributed by atoms with E-state index in [2.05, 4.69) is 0 Å². The molecule has 0 aliphatic carbocycles. The topological polar surface area (TPSA) is 51.3 Å². The molecule has 1 heterocycles. The van der Waals surface area contributed by atoms with E-state index in [4.69, 9.17) is 5.73 Å². The summed E-state index contributed by atoms with van der Waals surface area (Å²) >= 11 is 0. The van der Waals surface area contributed by atoms with Gasteiger partial charge in [0.15, 0.2) is 0 Å². The summed E-state index contributed by atoms with van der Waals surface area (Å²) in [4.78, 5) is 13.0. The first-order valence-electron chi connectivity index (χ1n) is 5.16. The molecule has 0 radical (unpaired) electrons. The van der Waals surface area contributed by atoms with Gasteiger partial charge in [-0.3, -0.25) is 4.79 Å². The highest BCUT2D eigenvalue weighted by molar-refractivity contribution is 5.75. The van der Waals surface area contributed by atoms with Crippen LogP contribution in [0.15, 0.2) is 18.5 Å². The number of rotatable bonds is 4. The predicted molar refractivity (Wildman–Crippen MR) is 60.3 cm³/mol. The predicted octanol–water partition coefficient (Wildman–Crippen LogP) is 0.986. The highest BCUT2D eigenvalue weighted by Crippen LogP contribution is 2.13. The molecule has 2 N–H and O–H groups in total. The lowest BCUT2D eigenvalue weighted by Gasteiger charge is -2.10. The Labute approximate surface area is 90.7 Å². The van der Waals surface area contributed by atoms with Gasteiger partial charge in [-0.1, -0.05) is 6.92 Å². The average molecular weight is 209 g/mol. The van der Waals surface area contributed by atoms with E-state index >= 15 is 0 Å². The van der Waals surface area contributed by atoms with Crippen molar-refractivity contribution in [2.45, 2.75) is 25.9 Å². The third-order valence-electron chi connectivity index (χ3n) is 2.46. The van der Waals surface area contributed by atoms with Crippen molar-refractivity contribution >= 4 is 5.91 Å². The standard InChI is InChI=1S/C11H19N3O/c1-4-10(12)9-5-6-14(7-9)8-11(15)13(2)3/h5-7,10H,4,8,12H2,1-3H3. The Morgan fingerprint density at radius 1 is 1.60 bits per heavy atom. The van der Waals surface area contributed by atoms with Gasteiger partial charge in [-0.15, -0.1) is 0 Å². The van der Waals surface area contributed by atoms with Crippen LogP contribution in [0.4, 0.5) is 0 Å². The van der Waals surface area contributed by atoms with Gasteiger partial charge in [0.25, 0.3) is 0 Å². The fourth-order valence-electron chi connectivity index (χ4n) is 1.31. The molecular formula is C11H19N3O. The number of carbonyl (C=O) groups excluding carboxylic acids is 1. The smallest absolute Gasteiger partial charge is 0.241 e. The van der Waals surface area contributed by atoms with Crippen LogP contribution in [0.1, 0.15) is 24.9 Å². The van der Waals surface area contributed by atoms with Gasteiger partial charge in [-0.25, -0.2) is 0 Å². The molecule has 1 unspecified atom stereocenters. The highest BCUT2D eigenvalue weighted by atomic mass is 16.2. The first kappa shape index (κ1) is 11.8. The minimum Gasteiger partial charge on any atom is -0.347 e. The zero-order valence-electron chi connectivity index (χ0n) is 9.60. The van der Waals surface area contributed by atoms with Crippen molar-refractivity contribution in [3.8, 4) is 0 Å². The van der Waals surface area contributed by atoms with Crippen LogP contribution >= 0.6 is 0 Å². The van der Waals surface area contributed by atoms with Crippen LogP contribution in [-0.2, 0) is 11.3 Å². The number of nitrogens with zero attached hydrogens (tertiary/aromatic N) is 2. The quantitative estimate of drug-likeness (QED) is 0.804. The molecule has 4 heteroatoms. The van der Waals surface area contributed by atoms with Gasteiger partial charge in [-0.2, -0.15) is 0 Å². The van der Waals surface area contributed by atoms with Crippen molar-refractivity contribution in [3.63, 3.8) is 0 Å². The van der Waals surface area contributed by atoms with Gasteiger partial charge in [0, 0.05) is 32.5 Å². The first-order valence-corrected chi connectivity index (χ1v) is 5.16. The summed E-state index contributed by atoms with van der Waals surface area (Å²) < 4.78 is 1.87. The van der Waals surface area contributed by atoms with Crippen LogP contribution < -0.4 is 5.73 Å². The van der Waals surface area contributed by atoms with E-state index in [1.165, 1.54) is 0 Å². The normalized spacial score (nSPS) is 12.5. The summed E-state index contributed by atoms with van der Waals surface area (Å²) in [5, 5.41) is 0. The van der Waals surface area contributed by atoms with Gasteiger partial charge in [0.1, 0.15) is 6.54 Å². The fraction of sp³-hybridized carbons (Fsp3) is 0.545. The maximum atomic E-state index is 11.4. The summed E-state index contributed by atoms with van der Waals surface area (Å²) in [6.45, 7) is 2.43. The maximum Gasteiger partial charge on any atom is 0.241 e. The molecule has 4 nitrogen and oxygen atoms in total. The van der Waals surface area contributed by atoms with Gasteiger partial charge in [-0.05, 0) is 18.1 Å². The Kier molecular flexibility index (Phi) is 3.91. The molecule has 0 saturated carbocycles. The molecule has 0 aromatic carbocycles. The van der Waals surface area contributed by atoms with E-state index in [-0.39, 0.29) is 11.9 Å². The second-order valence-corrected chi connectivity index (χ2v) is 3.92. The first-order chi connectivity index (χ1) is 7.04. The largest absolute Gasteiger partial charge is 0.347 e. The number of aromatic nitrogens is 1. The summed E-state index contributed by atoms with van der Waals surface area (Å²) in [6.07, 6.45) is 4.74. The van der Waals surface area contributed by atoms with Crippen molar-refractivity contribution < 1.29 is 4.79 Å². The Bertz CT molecular complexity index is 330. The lowest BCUT2D eigenvalue weighted by atomic mass is 10.1. The van der Waals surface area contributed by atoms with Crippen molar-refractivity contribution in [2.75, 3.05) is 14.1 Å². The molecule has 1 atom stereocenters. The number of carbonyl (C=O) groups is 1. The van der Waals surface area contributed by atoms with Crippen LogP contribution in [0.2, 0.25) is 0 Å². The third kappa shape index (κ3) is 3.09. The fourth-order valence-corrected chi connectivity index (χ4v) is 1.31. The molecule has 1 rings (SSSR count). The molecule has 1 aromatic rings. The average Bonchev–Trinajstić information content (AvgIpc) is 2.65. The Morgan fingerprint density at radius 3 is 2.80 bits per heavy atom. The monoisotopic (exact) mass is 209 g/mol. The van der Waals surface area contributed by atoms with E-state index in [0.717, 1.165) is 12.0 Å². The van der Waals surface area contributed by atoms with Crippen LogP contribution in [-0.4, -0.2) is 29.5 Å². The molecule has 1 amide bonds. The SMILES string of the molecule is CCC(N)c1ccn(CC(=O)N(C)C)c1. The molecule has 84 valence electrons. The molecule has 0 aliphatic rings. The number of likely N-dealkylation sites (N-methyl/N-ethyl adjacent to an activating group) is 1. The Hall–Kier alpha value is -1.29. The maximum absolute atomic E-state index is 11.4. The highest BCUT2D eigenvalue weighted by Gasteiger charge is 2.08. The number of amides is 1. The number of hydrogen-bond acceptors (Lipinski definition) is 2. The van der Waals surface area contributed by atoms with Gasteiger partial charge in [0.2, 0.25) is 5.91 Å². The van der Waals surface area contributed by atoms with E-state index < -0.39 is 0 Å².